The van der Waals surface area contributed by atoms with E-state index in [1.165, 1.54) is 0 Å². The fourth-order valence-electron chi connectivity index (χ4n) is 1.66. The number of anilines is 1. The Hall–Kier alpha value is -1.95. The van der Waals surface area contributed by atoms with Gasteiger partial charge in [0.1, 0.15) is 12.4 Å². The summed E-state index contributed by atoms with van der Waals surface area (Å²) in [6, 6.07) is 1.92. The lowest BCUT2D eigenvalue weighted by molar-refractivity contribution is 0.178. The van der Waals surface area contributed by atoms with E-state index in [2.05, 4.69) is 20.4 Å². The summed E-state index contributed by atoms with van der Waals surface area (Å²) in [7, 11) is 3.51. The molecule has 2 rings (SSSR count). The molecule has 0 unspecified atom stereocenters. The molecular formula is C12H17N5O. The highest BCUT2D eigenvalue weighted by atomic mass is 16.5. The molecule has 2 aromatic heterocycles. The average Bonchev–Trinajstić information content (AvgIpc) is 2.76. The summed E-state index contributed by atoms with van der Waals surface area (Å²) in [5.41, 5.74) is 1.82. The van der Waals surface area contributed by atoms with Gasteiger partial charge < -0.3 is 10.1 Å². The topological polar surface area (TPSA) is 64.9 Å². The molecule has 0 fully saturated rings. The second-order valence-electron chi connectivity index (χ2n) is 3.92. The van der Waals surface area contributed by atoms with Gasteiger partial charge in [-0.05, 0) is 6.92 Å². The van der Waals surface area contributed by atoms with E-state index < -0.39 is 0 Å². The molecule has 0 aliphatic heterocycles. The van der Waals surface area contributed by atoms with Gasteiger partial charge in [-0.1, -0.05) is 0 Å². The van der Waals surface area contributed by atoms with Crippen molar-refractivity contribution in [2.45, 2.75) is 13.5 Å². The van der Waals surface area contributed by atoms with Gasteiger partial charge in [0.15, 0.2) is 5.82 Å². The van der Waals surface area contributed by atoms with E-state index in [4.69, 9.17) is 4.74 Å². The van der Waals surface area contributed by atoms with Crippen molar-refractivity contribution in [1.29, 1.82) is 0 Å². The Balaban J connectivity index is 2.39. The summed E-state index contributed by atoms with van der Waals surface area (Å²) in [5.74, 6) is 1.47. The van der Waals surface area contributed by atoms with E-state index in [1.54, 1.807) is 18.0 Å². The van der Waals surface area contributed by atoms with Crippen molar-refractivity contribution in [3.8, 4) is 11.3 Å². The van der Waals surface area contributed by atoms with Crippen LogP contribution in [0.25, 0.3) is 11.3 Å². The summed E-state index contributed by atoms with van der Waals surface area (Å²) < 4.78 is 6.83. The molecule has 6 nitrogen and oxygen atoms in total. The van der Waals surface area contributed by atoms with Gasteiger partial charge in [0.25, 0.3) is 0 Å². The van der Waals surface area contributed by atoms with Crippen molar-refractivity contribution in [2.75, 3.05) is 19.0 Å². The molecule has 0 amide bonds. The van der Waals surface area contributed by atoms with Crippen LogP contribution in [0.5, 0.6) is 0 Å². The molecule has 0 aliphatic rings. The molecule has 6 heteroatoms. The first-order chi connectivity index (χ1) is 8.72. The predicted octanol–water partition coefficient (Wildman–Crippen LogP) is 1.46. The standard InChI is InChI=1S/C12H17N5O/c1-4-13-11-5-10(9-6-14-17(2)7-9)15-12(16-11)8-18-3/h5-7H,4,8H2,1-3H3,(H,13,15,16). The van der Waals surface area contributed by atoms with E-state index in [0.717, 1.165) is 23.6 Å². The van der Waals surface area contributed by atoms with Crippen LogP contribution >= 0.6 is 0 Å². The van der Waals surface area contributed by atoms with Crippen molar-refractivity contribution < 1.29 is 4.74 Å². The van der Waals surface area contributed by atoms with E-state index in [-0.39, 0.29) is 0 Å². The normalized spacial score (nSPS) is 10.6. The van der Waals surface area contributed by atoms with Crippen molar-refractivity contribution >= 4 is 5.82 Å². The van der Waals surface area contributed by atoms with Crippen LogP contribution in [0.4, 0.5) is 5.82 Å². The van der Waals surface area contributed by atoms with Crippen LogP contribution in [0.1, 0.15) is 12.7 Å². The minimum atomic E-state index is 0.395. The number of aryl methyl sites for hydroxylation is 1. The molecule has 0 aromatic carbocycles. The SMILES string of the molecule is CCNc1cc(-c2cnn(C)c2)nc(COC)n1. The third kappa shape index (κ3) is 2.84. The first kappa shape index (κ1) is 12.5. The molecular weight excluding hydrogens is 230 g/mol. The van der Waals surface area contributed by atoms with Crippen LogP contribution < -0.4 is 5.32 Å². The van der Waals surface area contributed by atoms with Gasteiger partial charge in [0.05, 0.1) is 11.9 Å². The highest BCUT2D eigenvalue weighted by Crippen LogP contribution is 2.19. The maximum absolute atomic E-state index is 5.08. The molecule has 0 bridgehead atoms. The number of nitrogens with zero attached hydrogens (tertiary/aromatic N) is 4. The van der Waals surface area contributed by atoms with Crippen LogP contribution in [0.3, 0.4) is 0 Å². The highest BCUT2D eigenvalue weighted by molar-refractivity contribution is 5.60. The molecule has 1 N–H and O–H groups in total. The third-order valence-electron chi connectivity index (χ3n) is 2.40. The Morgan fingerprint density at radius 1 is 1.39 bits per heavy atom. The van der Waals surface area contributed by atoms with E-state index in [1.807, 2.05) is 26.2 Å². The number of aromatic nitrogens is 4. The van der Waals surface area contributed by atoms with Crippen molar-refractivity contribution in [3.63, 3.8) is 0 Å². The summed E-state index contributed by atoms with van der Waals surface area (Å²) in [4.78, 5) is 8.83. The molecule has 2 heterocycles. The van der Waals surface area contributed by atoms with Gasteiger partial charge in [0, 0.05) is 38.5 Å². The lowest BCUT2D eigenvalue weighted by Crippen LogP contribution is -2.05. The summed E-state index contributed by atoms with van der Waals surface area (Å²) >= 11 is 0. The predicted molar refractivity (Wildman–Crippen MR) is 69.1 cm³/mol. The van der Waals surface area contributed by atoms with Crippen LogP contribution in [0.15, 0.2) is 18.5 Å². The van der Waals surface area contributed by atoms with Gasteiger partial charge in [-0.15, -0.1) is 0 Å². The fourth-order valence-corrected chi connectivity index (χ4v) is 1.66. The van der Waals surface area contributed by atoms with Crippen LogP contribution in [0.2, 0.25) is 0 Å². The number of rotatable bonds is 5. The maximum Gasteiger partial charge on any atom is 0.157 e. The lowest BCUT2D eigenvalue weighted by atomic mass is 10.2. The number of methoxy groups -OCH3 is 1. The van der Waals surface area contributed by atoms with Gasteiger partial charge in [-0.3, -0.25) is 4.68 Å². The minimum absolute atomic E-state index is 0.395. The molecule has 96 valence electrons. The first-order valence-electron chi connectivity index (χ1n) is 5.82. The summed E-state index contributed by atoms with van der Waals surface area (Å²) in [5, 5.41) is 7.34. The average molecular weight is 247 g/mol. The Morgan fingerprint density at radius 2 is 2.22 bits per heavy atom. The van der Waals surface area contributed by atoms with Crippen molar-refractivity contribution in [1.82, 2.24) is 19.7 Å². The first-order valence-corrected chi connectivity index (χ1v) is 5.82. The Morgan fingerprint density at radius 3 is 2.83 bits per heavy atom. The van der Waals surface area contributed by atoms with E-state index >= 15 is 0 Å². The largest absolute Gasteiger partial charge is 0.377 e. The van der Waals surface area contributed by atoms with E-state index in [0.29, 0.717) is 12.4 Å². The second kappa shape index (κ2) is 5.59. The second-order valence-corrected chi connectivity index (χ2v) is 3.92. The molecule has 18 heavy (non-hydrogen) atoms. The van der Waals surface area contributed by atoms with Gasteiger partial charge in [-0.2, -0.15) is 5.10 Å². The van der Waals surface area contributed by atoms with Crippen LogP contribution in [-0.4, -0.2) is 33.4 Å². The molecule has 0 saturated heterocycles. The zero-order valence-electron chi connectivity index (χ0n) is 10.8. The quantitative estimate of drug-likeness (QED) is 0.866. The van der Waals surface area contributed by atoms with Crippen molar-refractivity contribution in [2.24, 2.45) is 7.05 Å². The summed E-state index contributed by atoms with van der Waals surface area (Å²) in [6.45, 7) is 3.24. The smallest absolute Gasteiger partial charge is 0.157 e. The Labute approximate surface area is 106 Å². The molecule has 0 saturated carbocycles. The highest BCUT2D eigenvalue weighted by Gasteiger charge is 2.07. The molecule has 0 spiro atoms. The Bertz CT molecular complexity index is 499. The van der Waals surface area contributed by atoms with Crippen molar-refractivity contribution in [3.05, 3.63) is 24.3 Å². The molecule has 0 aliphatic carbocycles. The number of nitrogens with one attached hydrogen (secondary N) is 1. The summed E-state index contributed by atoms with van der Waals surface area (Å²) in [6.07, 6.45) is 3.71. The molecule has 0 atom stereocenters. The van der Waals surface area contributed by atoms with Gasteiger partial charge in [0.2, 0.25) is 0 Å². The van der Waals surface area contributed by atoms with Gasteiger partial charge in [-0.25, -0.2) is 9.97 Å². The fraction of sp³-hybridized carbons (Fsp3) is 0.417. The zero-order chi connectivity index (χ0) is 13.0. The molecule has 0 radical (unpaired) electrons. The van der Waals surface area contributed by atoms with Crippen LogP contribution in [-0.2, 0) is 18.4 Å². The lowest BCUT2D eigenvalue weighted by Gasteiger charge is -2.07. The number of hydrogen-bond acceptors (Lipinski definition) is 5. The zero-order valence-corrected chi connectivity index (χ0v) is 10.8. The van der Waals surface area contributed by atoms with Gasteiger partial charge >= 0.3 is 0 Å². The molecule has 2 aromatic rings. The minimum Gasteiger partial charge on any atom is -0.377 e. The Kier molecular flexibility index (Phi) is 3.88. The number of hydrogen-bond donors (Lipinski definition) is 1. The monoisotopic (exact) mass is 247 g/mol. The third-order valence-corrected chi connectivity index (χ3v) is 2.40. The number of ether oxygens (including phenoxy) is 1. The van der Waals surface area contributed by atoms with Crippen LogP contribution in [0, 0.1) is 0 Å². The maximum atomic E-state index is 5.08. The van der Waals surface area contributed by atoms with E-state index in [9.17, 15) is 0 Å².